The lowest BCUT2D eigenvalue weighted by molar-refractivity contribution is 0.482. The summed E-state index contributed by atoms with van der Waals surface area (Å²) in [5.41, 5.74) is 2.11. The molecule has 19 heavy (non-hydrogen) atoms. The van der Waals surface area contributed by atoms with Gasteiger partial charge < -0.3 is 5.32 Å². The van der Waals surface area contributed by atoms with Crippen LogP contribution in [-0.4, -0.2) is 42.3 Å². The molecule has 6 heteroatoms. The third kappa shape index (κ3) is 4.31. The highest BCUT2D eigenvalue weighted by atomic mass is 32.2. The van der Waals surface area contributed by atoms with E-state index in [2.05, 4.69) is 23.4 Å². The molecule has 0 aromatic carbocycles. The summed E-state index contributed by atoms with van der Waals surface area (Å²) in [4.78, 5) is 0. The minimum atomic E-state index is -3.05. The molecule has 0 aliphatic rings. The van der Waals surface area contributed by atoms with Crippen molar-refractivity contribution in [3.63, 3.8) is 0 Å². The number of hydrogen-bond donors (Lipinski definition) is 1. The first-order chi connectivity index (χ1) is 8.79. The molecule has 0 amide bonds. The number of nitrogens with zero attached hydrogens (tertiary/aromatic N) is 2. The topological polar surface area (TPSA) is 64.0 Å². The molecule has 5 nitrogen and oxygen atoms in total. The molecule has 0 bridgehead atoms. The summed E-state index contributed by atoms with van der Waals surface area (Å²) in [5, 5.41) is 7.27. The molecule has 0 spiro atoms. The molecule has 1 heterocycles. The first-order valence-corrected chi connectivity index (χ1v) is 8.69. The van der Waals surface area contributed by atoms with Crippen molar-refractivity contribution in [2.75, 3.05) is 12.8 Å². The van der Waals surface area contributed by atoms with Gasteiger partial charge in [0, 0.05) is 31.5 Å². The predicted octanol–water partition coefficient (Wildman–Crippen LogP) is 0.936. The van der Waals surface area contributed by atoms with E-state index in [0.717, 1.165) is 24.4 Å². The minimum absolute atomic E-state index is 0.0832. The monoisotopic (exact) mass is 287 g/mol. The second kappa shape index (κ2) is 6.52. The second-order valence-electron chi connectivity index (χ2n) is 5.01. The molecule has 0 saturated heterocycles. The molecule has 0 aliphatic carbocycles. The average molecular weight is 287 g/mol. The maximum Gasteiger partial charge on any atom is 0.151 e. The fraction of sp³-hybridized carbons (Fsp3) is 0.769. The maximum absolute atomic E-state index is 11.7. The number of aryl methyl sites for hydroxylation is 2. The summed E-state index contributed by atoms with van der Waals surface area (Å²) in [6, 6.07) is 1.97. The van der Waals surface area contributed by atoms with E-state index in [4.69, 9.17) is 0 Å². The Morgan fingerprint density at radius 1 is 1.42 bits per heavy atom. The van der Waals surface area contributed by atoms with Crippen molar-refractivity contribution in [3.05, 3.63) is 17.5 Å². The Morgan fingerprint density at radius 3 is 2.47 bits per heavy atom. The molecular formula is C13H25N3O2S. The van der Waals surface area contributed by atoms with Crippen LogP contribution in [0.4, 0.5) is 0 Å². The smallest absolute Gasteiger partial charge is 0.151 e. The highest BCUT2D eigenvalue weighted by Crippen LogP contribution is 2.13. The Kier molecular flexibility index (Phi) is 5.55. The number of likely N-dealkylation sites (N-methyl/N-ethyl adjacent to an activating group) is 1. The molecule has 1 aromatic rings. The molecule has 1 N–H and O–H groups in total. The molecule has 1 aromatic heterocycles. The van der Waals surface area contributed by atoms with Crippen molar-refractivity contribution in [2.24, 2.45) is 7.05 Å². The van der Waals surface area contributed by atoms with Crippen molar-refractivity contribution < 1.29 is 8.42 Å². The third-order valence-corrected chi connectivity index (χ3v) is 5.21. The standard InChI is InChI=1S/C13H25N3O2S/c1-6-11-8-12(16(4)15-11)9-13(14-7-2)10(3)19(5,17)18/h8,10,13-14H,6-7,9H2,1-5H3. The van der Waals surface area contributed by atoms with Crippen LogP contribution in [0.25, 0.3) is 0 Å². The van der Waals surface area contributed by atoms with Crippen molar-refractivity contribution in [3.8, 4) is 0 Å². The Bertz CT molecular complexity index is 508. The number of sulfone groups is 1. The first-order valence-electron chi connectivity index (χ1n) is 6.73. The van der Waals surface area contributed by atoms with Crippen molar-refractivity contribution in [1.29, 1.82) is 0 Å². The van der Waals surface area contributed by atoms with Crippen LogP contribution in [0.2, 0.25) is 0 Å². The van der Waals surface area contributed by atoms with Gasteiger partial charge in [0.05, 0.1) is 10.9 Å². The Balaban J connectivity index is 2.92. The highest BCUT2D eigenvalue weighted by molar-refractivity contribution is 7.91. The number of rotatable bonds is 7. The molecule has 0 radical (unpaired) electrons. The largest absolute Gasteiger partial charge is 0.313 e. The van der Waals surface area contributed by atoms with Gasteiger partial charge in [0.1, 0.15) is 0 Å². The summed E-state index contributed by atoms with van der Waals surface area (Å²) in [7, 11) is -1.14. The summed E-state index contributed by atoms with van der Waals surface area (Å²) in [6.07, 6.45) is 2.86. The van der Waals surface area contributed by atoms with Crippen LogP contribution < -0.4 is 5.32 Å². The number of aromatic nitrogens is 2. The lowest BCUT2D eigenvalue weighted by atomic mass is 10.1. The van der Waals surface area contributed by atoms with Gasteiger partial charge in [-0.3, -0.25) is 4.68 Å². The third-order valence-electron chi connectivity index (χ3n) is 3.53. The number of nitrogens with one attached hydrogen (secondary N) is 1. The highest BCUT2D eigenvalue weighted by Gasteiger charge is 2.26. The zero-order chi connectivity index (χ0) is 14.6. The molecule has 110 valence electrons. The molecular weight excluding hydrogens is 262 g/mol. The van der Waals surface area contributed by atoms with Crippen LogP contribution in [-0.2, 0) is 29.7 Å². The van der Waals surface area contributed by atoms with Crippen LogP contribution in [0.3, 0.4) is 0 Å². The number of hydrogen-bond acceptors (Lipinski definition) is 4. The quantitative estimate of drug-likeness (QED) is 0.810. The fourth-order valence-electron chi connectivity index (χ4n) is 2.13. The van der Waals surface area contributed by atoms with Gasteiger partial charge >= 0.3 is 0 Å². The second-order valence-corrected chi connectivity index (χ2v) is 7.41. The van der Waals surface area contributed by atoms with Gasteiger partial charge in [-0.25, -0.2) is 8.42 Å². The summed E-state index contributed by atoms with van der Waals surface area (Å²) >= 11 is 0. The molecule has 2 atom stereocenters. The van der Waals surface area contributed by atoms with E-state index in [1.807, 2.05) is 18.7 Å². The van der Waals surface area contributed by atoms with E-state index in [1.54, 1.807) is 6.92 Å². The van der Waals surface area contributed by atoms with Gasteiger partial charge in [-0.15, -0.1) is 0 Å². The Labute approximate surface area is 116 Å². The maximum atomic E-state index is 11.7. The van der Waals surface area contributed by atoms with Crippen LogP contribution in [0, 0.1) is 0 Å². The predicted molar refractivity (Wildman–Crippen MR) is 78.1 cm³/mol. The first kappa shape index (κ1) is 16.2. The van der Waals surface area contributed by atoms with Crippen LogP contribution in [0.15, 0.2) is 6.07 Å². The van der Waals surface area contributed by atoms with Crippen molar-refractivity contribution >= 4 is 9.84 Å². The van der Waals surface area contributed by atoms with Crippen LogP contribution in [0.1, 0.15) is 32.2 Å². The van der Waals surface area contributed by atoms with Gasteiger partial charge in [0.2, 0.25) is 0 Å². The molecule has 1 rings (SSSR count). The van der Waals surface area contributed by atoms with Crippen molar-refractivity contribution in [2.45, 2.75) is 44.9 Å². The summed E-state index contributed by atoms with van der Waals surface area (Å²) in [5.74, 6) is 0. The van der Waals surface area contributed by atoms with Crippen LogP contribution >= 0.6 is 0 Å². The molecule has 0 aliphatic heterocycles. The Morgan fingerprint density at radius 2 is 2.05 bits per heavy atom. The Hall–Kier alpha value is -0.880. The SMILES string of the molecule is CCNC(Cc1cc(CC)nn1C)C(C)S(C)(=O)=O. The van der Waals surface area contributed by atoms with E-state index in [0.29, 0.717) is 6.42 Å². The average Bonchev–Trinajstić information content (AvgIpc) is 2.67. The zero-order valence-electron chi connectivity index (χ0n) is 12.5. The van der Waals surface area contributed by atoms with Gasteiger partial charge in [0.25, 0.3) is 0 Å². The fourth-order valence-corrected chi connectivity index (χ4v) is 2.91. The van der Waals surface area contributed by atoms with Gasteiger partial charge in [-0.05, 0) is 26.0 Å². The lowest BCUT2D eigenvalue weighted by Crippen LogP contribution is -2.44. The van der Waals surface area contributed by atoms with E-state index < -0.39 is 15.1 Å². The summed E-state index contributed by atoms with van der Waals surface area (Å²) in [6.45, 7) is 6.57. The van der Waals surface area contributed by atoms with E-state index in [1.165, 1.54) is 6.26 Å². The molecule has 0 saturated carbocycles. The zero-order valence-corrected chi connectivity index (χ0v) is 13.3. The van der Waals surface area contributed by atoms with E-state index in [-0.39, 0.29) is 6.04 Å². The lowest BCUT2D eigenvalue weighted by Gasteiger charge is -2.23. The van der Waals surface area contributed by atoms with Crippen molar-refractivity contribution in [1.82, 2.24) is 15.1 Å². The van der Waals surface area contributed by atoms with Gasteiger partial charge in [0.15, 0.2) is 9.84 Å². The van der Waals surface area contributed by atoms with E-state index >= 15 is 0 Å². The summed E-state index contributed by atoms with van der Waals surface area (Å²) < 4.78 is 25.3. The van der Waals surface area contributed by atoms with Gasteiger partial charge in [-0.2, -0.15) is 5.10 Å². The minimum Gasteiger partial charge on any atom is -0.313 e. The van der Waals surface area contributed by atoms with Gasteiger partial charge in [-0.1, -0.05) is 13.8 Å². The normalized spacial score (nSPS) is 15.4. The van der Waals surface area contributed by atoms with E-state index in [9.17, 15) is 8.42 Å². The van der Waals surface area contributed by atoms with Crippen LogP contribution in [0.5, 0.6) is 0 Å². The molecule has 0 fully saturated rings. The molecule has 2 unspecified atom stereocenters.